The van der Waals surface area contributed by atoms with Crippen LogP contribution in [-0.4, -0.2) is 29.1 Å². The number of hydrogen-bond donors (Lipinski definition) is 2. The van der Waals surface area contributed by atoms with E-state index in [1.54, 1.807) is 20.0 Å². The molecular weight excluding hydrogens is 249 g/mol. The van der Waals surface area contributed by atoms with Gasteiger partial charge in [0.15, 0.2) is 0 Å². The van der Waals surface area contributed by atoms with Crippen molar-refractivity contribution in [1.29, 1.82) is 0 Å². The van der Waals surface area contributed by atoms with Gasteiger partial charge in [0.1, 0.15) is 5.82 Å². The average molecular weight is 263 g/mol. The molecule has 7 heteroatoms. The quantitative estimate of drug-likeness (QED) is 0.880. The molecule has 0 aliphatic carbocycles. The Kier molecular flexibility index (Phi) is 3.74. The van der Waals surface area contributed by atoms with Crippen LogP contribution in [0.1, 0.15) is 5.56 Å². The highest BCUT2D eigenvalue weighted by molar-refractivity contribution is 5.58. The number of hydrogen-bond acceptors (Lipinski definition) is 6. The van der Waals surface area contributed by atoms with E-state index >= 15 is 0 Å². The molecule has 2 rings (SSSR count). The first-order valence-electron chi connectivity index (χ1n) is 5.63. The van der Waals surface area contributed by atoms with Crippen molar-refractivity contribution in [3.63, 3.8) is 0 Å². The molecular formula is C12H14FN5O. The van der Waals surface area contributed by atoms with Gasteiger partial charge in [-0.2, -0.15) is 15.0 Å². The van der Waals surface area contributed by atoms with Gasteiger partial charge in [-0.25, -0.2) is 4.39 Å². The highest BCUT2D eigenvalue weighted by Crippen LogP contribution is 2.20. The molecule has 0 saturated carbocycles. The Hall–Kier alpha value is -2.44. The van der Waals surface area contributed by atoms with E-state index in [1.807, 2.05) is 0 Å². The molecule has 0 aliphatic heterocycles. The Bertz CT molecular complexity index is 568. The molecule has 0 amide bonds. The molecule has 0 spiro atoms. The first-order chi connectivity index (χ1) is 9.12. The number of rotatable bonds is 4. The summed E-state index contributed by atoms with van der Waals surface area (Å²) in [5.41, 5.74) is 1.47. The van der Waals surface area contributed by atoms with E-state index in [9.17, 15) is 4.39 Å². The van der Waals surface area contributed by atoms with Gasteiger partial charge in [0.05, 0.1) is 7.11 Å². The molecule has 0 atom stereocenters. The van der Waals surface area contributed by atoms with Gasteiger partial charge >= 0.3 is 6.01 Å². The minimum absolute atomic E-state index is 0.196. The van der Waals surface area contributed by atoms with Crippen LogP contribution in [0.3, 0.4) is 0 Å². The molecule has 1 aromatic heterocycles. The minimum atomic E-state index is -0.285. The van der Waals surface area contributed by atoms with Crippen molar-refractivity contribution in [2.24, 2.45) is 0 Å². The summed E-state index contributed by atoms with van der Waals surface area (Å²) in [5, 5.41) is 5.81. The number of nitrogens with one attached hydrogen (secondary N) is 2. The molecule has 100 valence electrons. The van der Waals surface area contributed by atoms with Crippen molar-refractivity contribution < 1.29 is 9.13 Å². The lowest BCUT2D eigenvalue weighted by Crippen LogP contribution is -2.06. The lowest BCUT2D eigenvalue weighted by molar-refractivity contribution is 0.379. The third-order valence-corrected chi connectivity index (χ3v) is 2.46. The number of ether oxygens (including phenoxy) is 1. The van der Waals surface area contributed by atoms with Crippen LogP contribution in [0.5, 0.6) is 6.01 Å². The van der Waals surface area contributed by atoms with Crippen molar-refractivity contribution in [3.05, 3.63) is 29.6 Å². The zero-order valence-electron chi connectivity index (χ0n) is 10.9. The molecule has 1 aromatic carbocycles. The lowest BCUT2D eigenvalue weighted by Gasteiger charge is -2.09. The summed E-state index contributed by atoms with van der Waals surface area (Å²) in [6.07, 6.45) is 0. The number of aromatic nitrogens is 3. The van der Waals surface area contributed by atoms with Crippen molar-refractivity contribution in [2.75, 3.05) is 24.8 Å². The summed E-state index contributed by atoms with van der Waals surface area (Å²) < 4.78 is 18.0. The maximum absolute atomic E-state index is 13.0. The summed E-state index contributed by atoms with van der Waals surface area (Å²) >= 11 is 0. The molecule has 1 heterocycles. The van der Waals surface area contributed by atoms with Crippen molar-refractivity contribution in [1.82, 2.24) is 15.0 Å². The molecule has 0 aliphatic rings. The number of methoxy groups -OCH3 is 1. The van der Waals surface area contributed by atoms with Gasteiger partial charge in [0.2, 0.25) is 11.9 Å². The molecule has 0 unspecified atom stereocenters. The predicted molar refractivity (Wildman–Crippen MR) is 70.3 cm³/mol. The van der Waals surface area contributed by atoms with Crippen LogP contribution in [0.2, 0.25) is 0 Å². The fourth-order valence-corrected chi connectivity index (χ4v) is 1.50. The van der Waals surface area contributed by atoms with Crippen LogP contribution in [-0.2, 0) is 0 Å². The second-order valence-electron chi connectivity index (χ2n) is 3.80. The third kappa shape index (κ3) is 3.06. The summed E-state index contributed by atoms with van der Waals surface area (Å²) in [6.45, 7) is 1.79. The molecule has 0 saturated heterocycles. The Labute approximate surface area is 110 Å². The smallest absolute Gasteiger partial charge is 0.322 e. The zero-order valence-corrected chi connectivity index (χ0v) is 10.9. The zero-order chi connectivity index (χ0) is 13.8. The van der Waals surface area contributed by atoms with E-state index in [1.165, 1.54) is 19.2 Å². The minimum Gasteiger partial charge on any atom is -0.467 e. The van der Waals surface area contributed by atoms with E-state index in [0.29, 0.717) is 11.9 Å². The van der Waals surface area contributed by atoms with Crippen LogP contribution in [0.15, 0.2) is 18.2 Å². The highest BCUT2D eigenvalue weighted by Gasteiger charge is 2.07. The Morgan fingerprint density at radius 3 is 2.53 bits per heavy atom. The van der Waals surface area contributed by atoms with Crippen LogP contribution in [0, 0.1) is 12.7 Å². The molecule has 6 nitrogen and oxygen atoms in total. The molecule has 0 bridgehead atoms. The van der Waals surface area contributed by atoms with Crippen LogP contribution in [0.25, 0.3) is 0 Å². The Morgan fingerprint density at radius 1 is 1.16 bits per heavy atom. The lowest BCUT2D eigenvalue weighted by atomic mass is 10.2. The van der Waals surface area contributed by atoms with E-state index in [4.69, 9.17) is 4.74 Å². The SMILES string of the molecule is CNc1nc(Nc2ccc(F)cc2C)nc(OC)n1. The average Bonchev–Trinajstić information content (AvgIpc) is 2.41. The van der Waals surface area contributed by atoms with Gasteiger partial charge in [-0.3, -0.25) is 0 Å². The second kappa shape index (κ2) is 5.47. The molecule has 19 heavy (non-hydrogen) atoms. The van der Waals surface area contributed by atoms with Crippen LogP contribution in [0.4, 0.5) is 22.0 Å². The van der Waals surface area contributed by atoms with E-state index in [0.717, 1.165) is 11.3 Å². The summed E-state index contributed by atoms with van der Waals surface area (Å²) in [5.74, 6) is 0.423. The third-order valence-electron chi connectivity index (χ3n) is 2.46. The topological polar surface area (TPSA) is 72.0 Å². The standard InChI is InChI=1S/C12H14FN5O/c1-7-6-8(13)4-5-9(7)15-11-16-10(14-2)17-12(18-11)19-3/h4-6H,1-3H3,(H2,14,15,16,17,18). The number of aryl methyl sites for hydroxylation is 1. The monoisotopic (exact) mass is 263 g/mol. The van der Waals surface area contributed by atoms with Gasteiger partial charge < -0.3 is 15.4 Å². The van der Waals surface area contributed by atoms with Crippen molar-refractivity contribution >= 4 is 17.6 Å². The summed E-state index contributed by atoms with van der Waals surface area (Å²) in [6, 6.07) is 4.62. The first kappa shape index (κ1) is 13.0. The number of anilines is 3. The van der Waals surface area contributed by atoms with E-state index in [2.05, 4.69) is 25.6 Å². The van der Waals surface area contributed by atoms with Gasteiger partial charge in [0, 0.05) is 12.7 Å². The Morgan fingerprint density at radius 2 is 1.89 bits per heavy atom. The first-order valence-corrected chi connectivity index (χ1v) is 5.63. The van der Waals surface area contributed by atoms with Gasteiger partial charge in [0.25, 0.3) is 0 Å². The van der Waals surface area contributed by atoms with Gasteiger partial charge in [-0.05, 0) is 30.7 Å². The second-order valence-corrected chi connectivity index (χ2v) is 3.80. The number of benzene rings is 1. The fourth-order valence-electron chi connectivity index (χ4n) is 1.50. The number of halogens is 1. The highest BCUT2D eigenvalue weighted by atomic mass is 19.1. The molecule has 0 fully saturated rings. The van der Waals surface area contributed by atoms with Gasteiger partial charge in [-0.15, -0.1) is 0 Å². The molecule has 0 radical (unpaired) electrons. The van der Waals surface area contributed by atoms with E-state index < -0.39 is 0 Å². The molecule has 2 aromatic rings. The fraction of sp³-hybridized carbons (Fsp3) is 0.250. The maximum atomic E-state index is 13.0. The van der Waals surface area contributed by atoms with Crippen molar-refractivity contribution in [2.45, 2.75) is 6.92 Å². The predicted octanol–water partition coefficient (Wildman–Crippen LogP) is 2.11. The van der Waals surface area contributed by atoms with Gasteiger partial charge in [-0.1, -0.05) is 0 Å². The summed E-state index contributed by atoms with van der Waals surface area (Å²) in [4.78, 5) is 12.2. The maximum Gasteiger partial charge on any atom is 0.322 e. The summed E-state index contributed by atoms with van der Waals surface area (Å²) in [7, 11) is 3.17. The van der Waals surface area contributed by atoms with Crippen LogP contribution >= 0.6 is 0 Å². The van der Waals surface area contributed by atoms with Crippen molar-refractivity contribution in [3.8, 4) is 6.01 Å². The molecule has 2 N–H and O–H groups in total. The number of nitrogens with zero attached hydrogens (tertiary/aromatic N) is 3. The van der Waals surface area contributed by atoms with E-state index in [-0.39, 0.29) is 11.8 Å². The Balaban J connectivity index is 2.31. The largest absolute Gasteiger partial charge is 0.467 e. The van der Waals surface area contributed by atoms with Crippen LogP contribution < -0.4 is 15.4 Å². The normalized spacial score (nSPS) is 10.1.